The van der Waals surface area contributed by atoms with Crippen LogP contribution in [0, 0.1) is 12.3 Å². The Morgan fingerprint density at radius 2 is 2.20 bits per heavy atom. The number of phenols is 1. The molecule has 1 saturated heterocycles. The van der Waals surface area contributed by atoms with Gasteiger partial charge in [0.2, 0.25) is 0 Å². The van der Waals surface area contributed by atoms with Crippen molar-refractivity contribution in [2.24, 2.45) is 5.41 Å². The van der Waals surface area contributed by atoms with E-state index in [1.165, 1.54) is 0 Å². The van der Waals surface area contributed by atoms with E-state index in [0.29, 0.717) is 12.4 Å². The van der Waals surface area contributed by atoms with Gasteiger partial charge in [-0.2, -0.15) is 0 Å². The van der Waals surface area contributed by atoms with Crippen LogP contribution < -0.4 is 4.74 Å². The average Bonchev–Trinajstić information content (AvgIpc) is 2.17. The fourth-order valence-electron chi connectivity index (χ4n) is 1.51. The van der Waals surface area contributed by atoms with Gasteiger partial charge in [-0.25, -0.2) is 0 Å². The van der Waals surface area contributed by atoms with Crippen LogP contribution in [0.5, 0.6) is 11.5 Å². The van der Waals surface area contributed by atoms with E-state index in [1.54, 1.807) is 12.1 Å². The fourth-order valence-corrected chi connectivity index (χ4v) is 1.51. The molecule has 0 unspecified atom stereocenters. The van der Waals surface area contributed by atoms with E-state index in [0.717, 1.165) is 24.5 Å². The molecule has 0 atom stereocenters. The van der Waals surface area contributed by atoms with Crippen molar-refractivity contribution in [3.63, 3.8) is 0 Å². The Morgan fingerprint density at radius 3 is 2.73 bits per heavy atom. The molecule has 82 valence electrons. The Kier molecular flexibility index (Phi) is 2.57. The van der Waals surface area contributed by atoms with Gasteiger partial charge in [-0.05, 0) is 30.7 Å². The maximum Gasteiger partial charge on any atom is 0.119 e. The quantitative estimate of drug-likeness (QED) is 0.826. The van der Waals surface area contributed by atoms with Crippen molar-refractivity contribution in [3.8, 4) is 11.5 Å². The highest BCUT2D eigenvalue weighted by atomic mass is 16.5. The molecular weight excluding hydrogens is 192 g/mol. The van der Waals surface area contributed by atoms with Gasteiger partial charge in [-0.15, -0.1) is 0 Å². The van der Waals surface area contributed by atoms with E-state index in [2.05, 4.69) is 6.92 Å². The highest BCUT2D eigenvalue weighted by Gasteiger charge is 2.34. The lowest BCUT2D eigenvalue weighted by Gasteiger charge is -2.37. The minimum atomic E-state index is 0.159. The topological polar surface area (TPSA) is 38.7 Å². The zero-order valence-corrected chi connectivity index (χ0v) is 9.12. The molecule has 0 amide bonds. The Balaban J connectivity index is 1.96. The van der Waals surface area contributed by atoms with Gasteiger partial charge in [0.1, 0.15) is 11.5 Å². The lowest BCUT2D eigenvalue weighted by atomic mass is 9.90. The maximum atomic E-state index is 9.35. The molecule has 1 aliphatic heterocycles. The van der Waals surface area contributed by atoms with Crippen LogP contribution in [0.2, 0.25) is 0 Å². The molecular formula is C12H16O3. The van der Waals surface area contributed by atoms with Crippen molar-refractivity contribution in [3.05, 3.63) is 23.8 Å². The number of aromatic hydroxyl groups is 1. The third kappa shape index (κ3) is 2.23. The normalized spacial score (nSPS) is 18.3. The highest BCUT2D eigenvalue weighted by Crippen LogP contribution is 2.28. The molecule has 0 radical (unpaired) electrons. The molecule has 1 fully saturated rings. The molecule has 0 saturated carbocycles. The van der Waals surface area contributed by atoms with Gasteiger partial charge in [0.25, 0.3) is 0 Å². The summed E-state index contributed by atoms with van der Waals surface area (Å²) in [5, 5.41) is 9.35. The molecule has 1 aromatic rings. The van der Waals surface area contributed by atoms with Crippen LogP contribution in [0.1, 0.15) is 12.5 Å². The van der Waals surface area contributed by atoms with Crippen LogP contribution >= 0.6 is 0 Å². The smallest absolute Gasteiger partial charge is 0.119 e. The van der Waals surface area contributed by atoms with E-state index in [9.17, 15) is 5.11 Å². The second-order valence-electron chi connectivity index (χ2n) is 4.54. The molecule has 0 aliphatic carbocycles. The summed E-state index contributed by atoms with van der Waals surface area (Å²) in [6, 6.07) is 5.29. The largest absolute Gasteiger partial charge is 0.508 e. The second kappa shape index (κ2) is 3.74. The minimum absolute atomic E-state index is 0.159. The van der Waals surface area contributed by atoms with Gasteiger partial charge >= 0.3 is 0 Å². The summed E-state index contributed by atoms with van der Waals surface area (Å²) in [5.41, 5.74) is 0.994. The summed E-state index contributed by atoms with van der Waals surface area (Å²) in [5.74, 6) is 1.11. The Morgan fingerprint density at radius 1 is 1.47 bits per heavy atom. The average molecular weight is 208 g/mol. The van der Waals surface area contributed by atoms with Crippen molar-refractivity contribution in [2.45, 2.75) is 13.8 Å². The molecule has 1 N–H and O–H groups in total. The molecule has 15 heavy (non-hydrogen) atoms. The van der Waals surface area contributed by atoms with Gasteiger partial charge in [-0.3, -0.25) is 0 Å². The van der Waals surface area contributed by atoms with Crippen molar-refractivity contribution < 1.29 is 14.6 Å². The van der Waals surface area contributed by atoms with Crippen LogP contribution in [0.3, 0.4) is 0 Å². The number of aryl methyl sites for hydroxylation is 1. The minimum Gasteiger partial charge on any atom is -0.508 e. The third-order valence-corrected chi connectivity index (χ3v) is 2.66. The monoisotopic (exact) mass is 208 g/mol. The van der Waals surface area contributed by atoms with E-state index in [-0.39, 0.29) is 5.41 Å². The van der Waals surface area contributed by atoms with E-state index in [1.807, 2.05) is 13.0 Å². The predicted molar refractivity (Wildman–Crippen MR) is 57.3 cm³/mol. The SMILES string of the molecule is Cc1cc(OCC2(C)COC2)ccc1O. The maximum absolute atomic E-state index is 9.35. The molecule has 1 heterocycles. The second-order valence-corrected chi connectivity index (χ2v) is 4.54. The standard InChI is InChI=1S/C12H16O3/c1-9-5-10(3-4-11(9)13)15-8-12(2)6-14-7-12/h3-5,13H,6-8H2,1-2H3. The van der Waals surface area contributed by atoms with Crippen LogP contribution in [-0.4, -0.2) is 24.9 Å². The van der Waals surface area contributed by atoms with Crippen molar-refractivity contribution in [1.29, 1.82) is 0 Å². The summed E-state index contributed by atoms with van der Waals surface area (Å²) in [6.07, 6.45) is 0. The zero-order valence-electron chi connectivity index (χ0n) is 9.12. The highest BCUT2D eigenvalue weighted by molar-refractivity contribution is 5.38. The number of phenolic OH excluding ortho intramolecular Hbond substituents is 1. The summed E-state index contributed by atoms with van der Waals surface area (Å²) in [4.78, 5) is 0. The Labute approximate surface area is 89.6 Å². The first-order valence-electron chi connectivity index (χ1n) is 5.09. The third-order valence-electron chi connectivity index (χ3n) is 2.66. The van der Waals surface area contributed by atoms with E-state index < -0.39 is 0 Å². The van der Waals surface area contributed by atoms with Crippen molar-refractivity contribution in [2.75, 3.05) is 19.8 Å². The van der Waals surface area contributed by atoms with Gasteiger partial charge in [0.15, 0.2) is 0 Å². The van der Waals surface area contributed by atoms with E-state index in [4.69, 9.17) is 9.47 Å². The first-order chi connectivity index (χ1) is 7.09. The zero-order chi connectivity index (χ0) is 10.9. The fraction of sp³-hybridized carbons (Fsp3) is 0.500. The molecule has 2 rings (SSSR count). The van der Waals surface area contributed by atoms with Gasteiger partial charge in [0, 0.05) is 5.41 Å². The van der Waals surface area contributed by atoms with Gasteiger partial charge in [0.05, 0.1) is 19.8 Å². The lowest BCUT2D eigenvalue weighted by molar-refractivity contribution is -0.120. The number of hydrogen-bond donors (Lipinski definition) is 1. The van der Waals surface area contributed by atoms with Crippen LogP contribution in [0.4, 0.5) is 0 Å². The van der Waals surface area contributed by atoms with Crippen LogP contribution in [0.25, 0.3) is 0 Å². The molecule has 1 aromatic carbocycles. The van der Waals surface area contributed by atoms with Crippen LogP contribution in [0.15, 0.2) is 18.2 Å². The van der Waals surface area contributed by atoms with Crippen molar-refractivity contribution in [1.82, 2.24) is 0 Å². The Bertz CT molecular complexity index is 356. The van der Waals surface area contributed by atoms with Gasteiger partial charge in [-0.1, -0.05) is 6.92 Å². The van der Waals surface area contributed by atoms with Gasteiger partial charge < -0.3 is 14.6 Å². The summed E-state index contributed by atoms with van der Waals surface area (Å²) >= 11 is 0. The summed E-state index contributed by atoms with van der Waals surface area (Å²) in [7, 11) is 0. The molecule has 0 spiro atoms. The molecule has 0 bridgehead atoms. The van der Waals surface area contributed by atoms with E-state index >= 15 is 0 Å². The number of benzene rings is 1. The summed E-state index contributed by atoms with van der Waals surface area (Å²) in [6.45, 7) is 6.20. The Hall–Kier alpha value is -1.22. The number of ether oxygens (including phenoxy) is 2. The number of rotatable bonds is 3. The molecule has 1 aliphatic rings. The van der Waals surface area contributed by atoms with Crippen LogP contribution in [-0.2, 0) is 4.74 Å². The van der Waals surface area contributed by atoms with Crippen molar-refractivity contribution >= 4 is 0 Å². The lowest BCUT2D eigenvalue weighted by Crippen LogP contribution is -2.44. The summed E-state index contributed by atoms with van der Waals surface area (Å²) < 4.78 is 10.8. The molecule has 3 nitrogen and oxygen atoms in total. The predicted octanol–water partition coefficient (Wildman–Crippen LogP) is 2.12. The first kappa shape index (κ1) is 10.3. The molecule has 3 heteroatoms. The first-order valence-corrected chi connectivity index (χ1v) is 5.09. The molecule has 0 aromatic heterocycles. The number of hydrogen-bond acceptors (Lipinski definition) is 3.